The quantitative estimate of drug-likeness (QED) is 0.250. The maximum Gasteiger partial charge on any atom is 0.196 e. The number of anilines is 1. The van der Waals surface area contributed by atoms with E-state index in [9.17, 15) is 9.90 Å². The number of rotatable bonds is 13. The maximum atomic E-state index is 13.5. The second kappa shape index (κ2) is 12.3. The third-order valence-electron chi connectivity index (χ3n) is 6.75. The van der Waals surface area contributed by atoms with Crippen LogP contribution < -0.4 is 5.32 Å². The summed E-state index contributed by atoms with van der Waals surface area (Å²) in [6.45, 7) is 9.19. The van der Waals surface area contributed by atoms with Crippen LogP contribution in [0.3, 0.4) is 0 Å². The van der Waals surface area contributed by atoms with Crippen LogP contribution in [0.15, 0.2) is 36.4 Å². The maximum absolute atomic E-state index is 13.5. The Labute approximate surface area is 208 Å². The molecule has 34 heavy (non-hydrogen) atoms. The van der Waals surface area contributed by atoms with E-state index in [0.29, 0.717) is 17.7 Å². The Morgan fingerprint density at radius 2 is 1.68 bits per heavy atom. The predicted molar refractivity (Wildman–Crippen MR) is 142 cm³/mol. The van der Waals surface area contributed by atoms with E-state index in [1.165, 1.54) is 32.2 Å². The number of unbranched alkanes of at least 4 members (excludes halogenated alkanes) is 4. The number of aromatic nitrogens is 2. The fraction of sp³-hybridized carbons (Fsp3) is 0.481. The summed E-state index contributed by atoms with van der Waals surface area (Å²) in [6.07, 6.45) is 6.07. The van der Waals surface area contributed by atoms with E-state index in [1.54, 1.807) is 0 Å². The number of halogens is 1. The lowest BCUT2D eigenvalue weighted by Gasteiger charge is -2.19. The van der Waals surface area contributed by atoms with Gasteiger partial charge in [0.15, 0.2) is 5.78 Å². The molecular formula is C27H37ClN4O2. The molecule has 6 nitrogen and oxygen atoms in total. The Morgan fingerprint density at radius 1 is 0.971 bits per heavy atom. The van der Waals surface area contributed by atoms with Gasteiger partial charge in [0.2, 0.25) is 0 Å². The van der Waals surface area contributed by atoms with E-state index in [4.69, 9.17) is 5.10 Å². The van der Waals surface area contributed by atoms with E-state index >= 15 is 0 Å². The minimum absolute atomic E-state index is 0. The summed E-state index contributed by atoms with van der Waals surface area (Å²) in [5.74, 6) is 0.0474. The Hall–Kier alpha value is -2.41. The summed E-state index contributed by atoms with van der Waals surface area (Å²) in [5.41, 5.74) is 4.90. The van der Waals surface area contributed by atoms with Gasteiger partial charge >= 0.3 is 0 Å². The molecule has 4 rings (SSSR count). The van der Waals surface area contributed by atoms with Gasteiger partial charge in [0, 0.05) is 28.7 Å². The van der Waals surface area contributed by atoms with Crippen molar-refractivity contribution in [1.29, 1.82) is 0 Å². The molecular weight excluding hydrogens is 448 g/mol. The van der Waals surface area contributed by atoms with E-state index in [-0.39, 0.29) is 24.8 Å². The molecule has 0 aliphatic heterocycles. The van der Waals surface area contributed by atoms with Crippen molar-refractivity contribution in [3.8, 4) is 11.3 Å². The van der Waals surface area contributed by atoms with Crippen molar-refractivity contribution in [1.82, 2.24) is 14.7 Å². The van der Waals surface area contributed by atoms with Gasteiger partial charge in [-0.1, -0.05) is 57.4 Å². The van der Waals surface area contributed by atoms with Gasteiger partial charge in [0.25, 0.3) is 0 Å². The minimum Gasteiger partial charge on any atom is -0.394 e. The number of ketones is 1. The molecule has 0 atom stereocenters. The molecule has 7 heteroatoms. The number of carbonyl (C=O) groups is 1. The molecule has 0 spiro atoms. The largest absolute Gasteiger partial charge is 0.394 e. The molecule has 0 radical (unpaired) electrons. The topological polar surface area (TPSA) is 70.4 Å². The number of fused-ring (bicyclic) bond motifs is 2. The first-order chi connectivity index (χ1) is 16.2. The SMILES string of the molecule is CCN(CC)CCCCCCCNc1ccc2c3c(nn2CCO)-c2ccccc2C(=O)c13.Cl. The lowest BCUT2D eigenvalue weighted by molar-refractivity contribution is 0.104. The molecule has 1 aliphatic carbocycles. The third-order valence-corrected chi connectivity index (χ3v) is 6.75. The first kappa shape index (κ1) is 26.2. The molecule has 2 N–H and O–H groups in total. The molecule has 1 aliphatic rings. The van der Waals surface area contributed by atoms with Gasteiger partial charge in [0.05, 0.1) is 24.2 Å². The molecule has 1 aromatic heterocycles. The molecule has 0 amide bonds. The van der Waals surface area contributed by atoms with Crippen molar-refractivity contribution in [2.24, 2.45) is 0 Å². The van der Waals surface area contributed by atoms with Crippen LogP contribution in [0.25, 0.3) is 22.2 Å². The molecule has 0 saturated carbocycles. The van der Waals surface area contributed by atoms with Crippen molar-refractivity contribution >= 4 is 34.8 Å². The van der Waals surface area contributed by atoms with Gasteiger partial charge < -0.3 is 15.3 Å². The average Bonchev–Trinajstić information content (AvgIpc) is 3.21. The minimum atomic E-state index is 0. The van der Waals surface area contributed by atoms with Crippen LogP contribution in [0.5, 0.6) is 0 Å². The highest BCUT2D eigenvalue weighted by molar-refractivity contribution is 6.27. The van der Waals surface area contributed by atoms with Gasteiger partial charge in [0.1, 0.15) is 5.69 Å². The summed E-state index contributed by atoms with van der Waals surface area (Å²) in [6, 6.07) is 11.7. The van der Waals surface area contributed by atoms with Crippen molar-refractivity contribution in [3.05, 3.63) is 47.5 Å². The van der Waals surface area contributed by atoms with Crippen molar-refractivity contribution in [2.45, 2.75) is 52.5 Å². The Kier molecular flexibility index (Phi) is 9.51. The third kappa shape index (κ3) is 5.29. The summed E-state index contributed by atoms with van der Waals surface area (Å²) < 4.78 is 1.81. The van der Waals surface area contributed by atoms with E-state index in [1.807, 2.05) is 41.1 Å². The summed E-state index contributed by atoms with van der Waals surface area (Å²) in [5, 5.41) is 18.7. The number of nitrogens with zero attached hydrogens (tertiary/aromatic N) is 3. The van der Waals surface area contributed by atoms with Crippen molar-refractivity contribution in [3.63, 3.8) is 0 Å². The first-order valence-electron chi connectivity index (χ1n) is 12.4. The molecule has 0 fully saturated rings. The van der Waals surface area contributed by atoms with Crippen molar-refractivity contribution < 1.29 is 9.90 Å². The Morgan fingerprint density at radius 3 is 2.41 bits per heavy atom. The number of nitrogens with one attached hydrogen (secondary N) is 1. The normalized spacial score (nSPS) is 12.2. The number of benzene rings is 2. The number of carbonyl (C=O) groups excluding carboxylic acids is 1. The van der Waals surface area contributed by atoms with E-state index < -0.39 is 0 Å². The zero-order chi connectivity index (χ0) is 23.2. The average molecular weight is 485 g/mol. The van der Waals surface area contributed by atoms with Crippen LogP contribution in [0.2, 0.25) is 0 Å². The smallest absolute Gasteiger partial charge is 0.196 e. The summed E-state index contributed by atoms with van der Waals surface area (Å²) in [4.78, 5) is 15.9. The van der Waals surface area contributed by atoms with E-state index in [0.717, 1.165) is 53.9 Å². The van der Waals surface area contributed by atoms with Gasteiger partial charge in [-0.2, -0.15) is 5.10 Å². The van der Waals surface area contributed by atoms with Crippen LogP contribution in [0.4, 0.5) is 5.69 Å². The summed E-state index contributed by atoms with van der Waals surface area (Å²) >= 11 is 0. The lowest BCUT2D eigenvalue weighted by atomic mass is 9.86. The monoisotopic (exact) mass is 484 g/mol. The zero-order valence-electron chi connectivity index (χ0n) is 20.3. The summed E-state index contributed by atoms with van der Waals surface area (Å²) in [7, 11) is 0. The van der Waals surface area contributed by atoms with Gasteiger partial charge in [-0.15, -0.1) is 12.4 Å². The van der Waals surface area contributed by atoms with Crippen LogP contribution in [-0.4, -0.2) is 58.4 Å². The highest BCUT2D eigenvalue weighted by atomic mass is 35.5. The number of hydrogen-bond donors (Lipinski definition) is 2. The Balaban J connectivity index is 0.00000324. The lowest BCUT2D eigenvalue weighted by Crippen LogP contribution is -2.23. The fourth-order valence-corrected chi connectivity index (χ4v) is 4.88. The molecule has 0 saturated heterocycles. The number of aliphatic hydroxyl groups is 1. The van der Waals surface area contributed by atoms with Gasteiger partial charge in [-0.25, -0.2) is 0 Å². The molecule has 2 aromatic carbocycles. The molecule has 184 valence electrons. The van der Waals surface area contributed by atoms with Crippen LogP contribution >= 0.6 is 12.4 Å². The van der Waals surface area contributed by atoms with Crippen LogP contribution in [0, 0.1) is 0 Å². The molecule has 0 bridgehead atoms. The number of aliphatic hydroxyl groups excluding tert-OH is 1. The highest BCUT2D eigenvalue weighted by Crippen LogP contribution is 2.41. The number of hydrogen-bond acceptors (Lipinski definition) is 5. The molecule has 3 aromatic rings. The second-order valence-electron chi connectivity index (χ2n) is 8.77. The van der Waals surface area contributed by atoms with Gasteiger partial charge in [-0.05, 0) is 44.6 Å². The zero-order valence-corrected chi connectivity index (χ0v) is 21.2. The highest BCUT2D eigenvalue weighted by Gasteiger charge is 2.30. The second-order valence-corrected chi connectivity index (χ2v) is 8.77. The molecule has 0 unspecified atom stereocenters. The van der Waals surface area contributed by atoms with Crippen molar-refractivity contribution in [2.75, 3.05) is 38.1 Å². The molecule has 1 heterocycles. The Bertz CT molecular complexity index is 1110. The standard InChI is InChI=1S/C27H36N4O2.ClH/c1-3-30(4-2)17-11-7-5-6-10-16-28-22-14-15-23-25-24(22)27(33)21-13-9-8-12-20(21)26(25)29-31(23)18-19-32;/h8-9,12-15,28,32H,3-7,10-11,16-19H2,1-2H3;1H. The van der Waals surface area contributed by atoms with Gasteiger partial charge in [-0.3, -0.25) is 9.48 Å². The van der Waals surface area contributed by atoms with E-state index in [2.05, 4.69) is 24.1 Å². The van der Waals surface area contributed by atoms with Crippen LogP contribution in [0.1, 0.15) is 61.9 Å². The predicted octanol–water partition coefficient (Wildman–Crippen LogP) is 5.37. The van der Waals surface area contributed by atoms with Crippen LogP contribution in [-0.2, 0) is 6.54 Å². The fourth-order valence-electron chi connectivity index (χ4n) is 4.88. The first-order valence-corrected chi connectivity index (χ1v) is 12.4.